The molecule has 7 nitrogen and oxygen atoms in total. The minimum Gasteiger partial charge on any atom is -0.381 e. The Kier molecular flexibility index (Phi) is 6.80. The van der Waals surface area contributed by atoms with Crippen molar-refractivity contribution in [3.05, 3.63) is 29.8 Å². The Hall–Kier alpha value is -1.64. The maximum absolute atomic E-state index is 12.5. The van der Waals surface area contributed by atoms with Crippen LogP contribution >= 0.6 is 0 Å². The Morgan fingerprint density at radius 2 is 2.04 bits per heavy atom. The van der Waals surface area contributed by atoms with Crippen LogP contribution in [0.25, 0.3) is 0 Å². The van der Waals surface area contributed by atoms with Crippen LogP contribution in [0.4, 0.5) is 0 Å². The number of sulfonamides is 1. The maximum Gasteiger partial charge on any atom is 0.242 e. The molecule has 1 N–H and O–H groups in total. The van der Waals surface area contributed by atoms with Gasteiger partial charge in [-0.15, -0.1) is 0 Å². The van der Waals surface area contributed by atoms with Crippen LogP contribution in [0.5, 0.6) is 0 Å². The van der Waals surface area contributed by atoms with Gasteiger partial charge in [-0.3, -0.25) is 4.99 Å². The third kappa shape index (κ3) is 4.93. The molecule has 1 fully saturated rings. The van der Waals surface area contributed by atoms with Crippen molar-refractivity contribution in [2.24, 2.45) is 10.9 Å². The Bertz CT molecular complexity index is 698. The second kappa shape index (κ2) is 8.64. The van der Waals surface area contributed by atoms with Crippen molar-refractivity contribution in [3.63, 3.8) is 0 Å². The third-order valence-corrected chi connectivity index (χ3v) is 6.21. The van der Waals surface area contributed by atoms with Gasteiger partial charge in [0.2, 0.25) is 10.0 Å². The summed E-state index contributed by atoms with van der Waals surface area (Å²) >= 11 is 0. The summed E-state index contributed by atoms with van der Waals surface area (Å²) in [5, 5.41) is 3.26. The molecule has 0 aliphatic carbocycles. The molecule has 0 saturated carbocycles. The first-order valence-corrected chi connectivity index (χ1v) is 9.80. The van der Waals surface area contributed by atoms with Crippen LogP contribution in [0.2, 0.25) is 0 Å². The van der Waals surface area contributed by atoms with Crippen LogP contribution in [0, 0.1) is 5.92 Å². The Morgan fingerprint density at radius 3 is 2.64 bits per heavy atom. The van der Waals surface area contributed by atoms with Gasteiger partial charge < -0.3 is 15.0 Å². The minimum absolute atomic E-state index is 0.315. The van der Waals surface area contributed by atoms with E-state index in [1.165, 1.54) is 18.4 Å². The standard InChI is InChI=1S/C17H28N4O3S/c1-18-17(21(4)12-14-9-10-24-13-14)19-11-15-7-5-6-8-16(15)25(22,23)20(2)3/h5-8,14H,9-13H2,1-4H3,(H,18,19). The molecule has 8 heteroatoms. The topological polar surface area (TPSA) is 74.2 Å². The first-order valence-electron chi connectivity index (χ1n) is 8.36. The van der Waals surface area contributed by atoms with E-state index < -0.39 is 10.0 Å². The summed E-state index contributed by atoms with van der Waals surface area (Å²) in [5.74, 6) is 1.24. The molecule has 1 atom stereocenters. The van der Waals surface area contributed by atoms with Crippen molar-refractivity contribution < 1.29 is 13.2 Å². The van der Waals surface area contributed by atoms with Crippen molar-refractivity contribution in [1.82, 2.24) is 14.5 Å². The molecule has 1 aromatic rings. The van der Waals surface area contributed by atoms with E-state index in [-0.39, 0.29) is 0 Å². The lowest BCUT2D eigenvalue weighted by atomic mass is 10.1. The van der Waals surface area contributed by atoms with Gasteiger partial charge in [0.1, 0.15) is 0 Å². The van der Waals surface area contributed by atoms with E-state index >= 15 is 0 Å². The molecule has 2 rings (SSSR count). The number of hydrogen-bond donors (Lipinski definition) is 1. The maximum atomic E-state index is 12.5. The highest BCUT2D eigenvalue weighted by Gasteiger charge is 2.22. The van der Waals surface area contributed by atoms with E-state index in [9.17, 15) is 8.42 Å². The normalized spacial score (nSPS) is 18.6. The van der Waals surface area contributed by atoms with Gasteiger partial charge in [-0.1, -0.05) is 18.2 Å². The van der Waals surface area contributed by atoms with Crippen LogP contribution < -0.4 is 5.32 Å². The fourth-order valence-corrected chi connectivity index (χ4v) is 3.97. The summed E-state index contributed by atoms with van der Waals surface area (Å²) in [7, 11) is 3.31. The number of guanidine groups is 1. The fraction of sp³-hybridized carbons (Fsp3) is 0.588. The molecule has 1 aromatic carbocycles. The van der Waals surface area contributed by atoms with Crippen LogP contribution in [0.1, 0.15) is 12.0 Å². The molecule has 0 bridgehead atoms. The first kappa shape index (κ1) is 19.7. The van der Waals surface area contributed by atoms with Crippen molar-refractivity contribution >= 4 is 16.0 Å². The molecule has 1 saturated heterocycles. The number of nitrogens with zero attached hydrogens (tertiary/aromatic N) is 3. The van der Waals surface area contributed by atoms with Gasteiger partial charge in [-0.05, 0) is 18.1 Å². The predicted molar refractivity (Wildman–Crippen MR) is 99.1 cm³/mol. The van der Waals surface area contributed by atoms with E-state index in [0.717, 1.165) is 37.7 Å². The molecule has 0 amide bonds. The lowest BCUT2D eigenvalue weighted by Crippen LogP contribution is -2.41. The molecule has 0 radical (unpaired) electrons. The second-order valence-electron chi connectivity index (χ2n) is 6.41. The highest BCUT2D eigenvalue weighted by atomic mass is 32.2. The van der Waals surface area contributed by atoms with E-state index in [4.69, 9.17) is 4.74 Å². The van der Waals surface area contributed by atoms with Gasteiger partial charge >= 0.3 is 0 Å². The van der Waals surface area contributed by atoms with Crippen molar-refractivity contribution in [3.8, 4) is 0 Å². The largest absolute Gasteiger partial charge is 0.381 e. The lowest BCUT2D eigenvalue weighted by Gasteiger charge is -2.25. The molecule has 1 aliphatic rings. The van der Waals surface area contributed by atoms with Crippen LogP contribution in [0.15, 0.2) is 34.2 Å². The average molecular weight is 369 g/mol. The van der Waals surface area contributed by atoms with Gasteiger partial charge in [-0.2, -0.15) is 0 Å². The second-order valence-corrected chi connectivity index (χ2v) is 8.53. The Morgan fingerprint density at radius 1 is 1.32 bits per heavy atom. The van der Waals surface area contributed by atoms with Crippen molar-refractivity contribution in [2.75, 3.05) is 47.9 Å². The number of hydrogen-bond acceptors (Lipinski definition) is 4. The summed E-state index contributed by atoms with van der Waals surface area (Å²) in [6.07, 6.45) is 1.06. The Labute approximate surface area is 150 Å². The zero-order chi connectivity index (χ0) is 18.4. The number of rotatable bonds is 6. The van der Waals surface area contributed by atoms with E-state index in [1.54, 1.807) is 19.2 Å². The monoisotopic (exact) mass is 368 g/mol. The highest BCUT2D eigenvalue weighted by molar-refractivity contribution is 7.89. The summed E-state index contributed by atoms with van der Waals surface area (Å²) < 4.78 is 31.6. The third-order valence-electron chi connectivity index (χ3n) is 4.30. The van der Waals surface area contributed by atoms with E-state index in [1.807, 2.05) is 19.2 Å². The molecule has 0 aromatic heterocycles. The lowest BCUT2D eigenvalue weighted by molar-refractivity contribution is 0.181. The van der Waals surface area contributed by atoms with Crippen molar-refractivity contribution in [1.29, 1.82) is 0 Å². The van der Waals surface area contributed by atoms with Crippen molar-refractivity contribution in [2.45, 2.75) is 17.9 Å². The summed E-state index contributed by atoms with van der Waals surface area (Å²) in [5.41, 5.74) is 0.718. The molecular formula is C17H28N4O3S. The zero-order valence-electron chi connectivity index (χ0n) is 15.4. The average Bonchev–Trinajstić information content (AvgIpc) is 3.08. The molecule has 1 aliphatic heterocycles. The zero-order valence-corrected chi connectivity index (χ0v) is 16.2. The van der Waals surface area contributed by atoms with Crippen LogP contribution in [-0.4, -0.2) is 71.5 Å². The quantitative estimate of drug-likeness (QED) is 0.598. The SMILES string of the molecule is CN=C(NCc1ccccc1S(=O)(=O)N(C)C)N(C)CC1CCOC1. The van der Waals surface area contributed by atoms with Gasteiger partial charge in [-0.25, -0.2) is 12.7 Å². The van der Waals surface area contributed by atoms with Gasteiger partial charge in [0.05, 0.1) is 11.5 Å². The van der Waals surface area contributed by atoms with Gasteiger partial charge in [0.25, 0.3) is 0 Å². The molecule has 0 spiro atoms. The van der Waals surface area contributed by atoms with Gasteiger partial charge in [0.15, 0.2) is 5.96 Å². The molecule has 25 heavy (non-hydrogen) atoms. The Balaban J connectivity index is 2.07. The molecular weight excluding hydrogens is 340 g/mol. The molecule has 1 heterocycles. The predicted octanol–water partition coefficient (Wildman–Crippen LogP) is 0.981. The fourth-order valence-electron chi connectivity index (χ4n) is 2.86. The van der Waals surface area contributed by atoms with Gasteiger partial charge in [0, 0.05) is 53.8 Å². The number of benzene rings is 1. The first-order chi connectivity index (χ1) is 11.9. The van der Waals surface area contributed by atoms with E-state index in [0.29, 0.717) is 17.4 Å². The smallest absolute Gasteiger partial charge is 0.242 e. The summed E-state index contributed by atoms with van der Waals surface area (Å²) in [6, 6.07) is 7.03. The molecule has 140 valence electrons. The summed E-state index contributed by atoms with van der Waals surface area (Å²) in [6.45, 7) is 2.85. The molecule has 1 unspecified atom stereocenters. The number of aliphatic imine (C=N–C) groups is 1. The summed E-state index contributed by atoms with van der Waals surface area (Å²) in [4.78, 5) is 6.68. The number of nitrogens with one attached hydrogen (secondary N) is 1. The number of ether oxygens (including phenoxy) is 1. The van der Waals surface area contributed by atoms with Crippen LogP contribution in [-0.2, 0) is 21.3 Å². The minimum atomic E-state index is -3.48. The highest BCUT2D eigenvalue weighted by Crippen LogP contribution is 2.18. The van der Waals surface area contributed by atoms with Crippen LogP contribution in [0.3, 0.4) is 0 Å². The van der Waals surface area contributed by atoms with E-state index in [2.05, 4.69) is 15.2 Å².